The van der Waals surface area contributed by atoms with E-state index in [1.165, 1.54) is 16.7 Å². The Bertz CT molecular complexity index is 854. The summed E-state index contributed by atoms with van der Waals surface area (Å²) in [5.41, 5.74) is 4.82. The number of rotatable bonds is 2. The molecule has 0 aliphatic carbocycles. The van der Waals surface area contributed by atoms with Crippen LogP contribution >= 0.6 is 0 Å². The fourth-order valence-electron chi connectivity index (χ4n) is 4.46. The first-order chi connectivity index (χ1) is 11.9. The minimum atomic E-state index is 0. The van der Waals surface area contributed by atoms with Gasteiger partial charge in [0.25, 0.3) is 0 Å². The summed E-state index contributed by atoms with van der Waals surface area (Å²) >= 11 is 0. The summed E-state index contributed by atoms with van der Waals surface area (Å²) in [6.07, 6.45) is 1.80. The lowest BCUT2D eigenvalue weighted by molar-refractivity contribution is -0.956. The van der Waals surface area contributed by atoms with Crippen molar-refractivity contribution in [2.45, 2.75) is 25.4 Å². The van der Waals surface area contributed by atoms with Crippen LogP contribution in [0, 0.1) is 0 Å². The first kappa shape index (κ1) is 18.7. The number of methoxy groups -OCH3 is 2. The van der Waals surface area contributed by atoms with Crippen LogP contribution in [0.25, 0.3) is 0 Å². The van der Waals surface area contributed by atoms with E-state index in [9.17, 15) is 10.2 Å². The molecule has 0 spiro atoms. The molecule has 1 unspecified atom stereocenters. The number of hydrogen-bond donors (Lipinski definition) is 2. The first-order valence-electron chi connectivity index (χ1n) is 8.58. The van der Waals surface area contributed by atoms with E-state index < -0.39 is 0 Å². The number of phenolic OH excluding ortho intramolecular Hbond substituents is 2. The van der Waals surface area contributed by atoms with Gasteiger partial charge in [0.05, 0.1) is 27.8 Å². The van der Waals surface area contributed by atoms with Crippen molar-refractivity contribution in [1.82, 2.24) is 0 Å². The van der Waals surface area contributed by atoms with Crippen LogP contribution in [-0.4, -0.2) is 42.5 Å². The van der Waals surface area contributed by atoms with E-state index in [1.54, 1.807) is 14.2 Å². The quantitative estimate of drug-likeness (QED) is 0.719. The lowest BCUT2D eigenvalue weighted by atomic mass is 9.81. The van der Waals surface area contributed by atoms with Crippen LogP contribution in [0.2, 0.25) is 0 Å². The minimum Gasteiger partial charge on any atom is -1.00 e. The van der Waals surface area contributed by atoms with Gasteiger partial charge in [-0.05, 0) is 35.4 Å². The zero-order chi connectivity index (χ0) is 17.8. The Labute approximate surface area is 159 Å². The van der Waals surface area contributed by atoms with E-state index in [0.717, 1.165) is 36.0 Å². The zero-order valence-corrected chi connectivity index (χ0v) is 16.0. The summed E-state index contributed by atoms with van der Waals surface area (Å²) < 4.78 is 11.4. The van der Waals surface area contributed by atoms with Crippen LogP contribution < -0.4 is 21.9 Å². The van der Waals surface area contributed by atoms with Crippen molar-refractivity contribution in [2.24, 2.45) is 0 Å². The van der Waals surface area contributed by atoms with Gasteiger partial charge in [-0.15, -0.1) is 0 Å². The summed E-state index contributed by atoms with van der Waals surface area (Å²) in [6, 6.07) is 7.89. The number of hydrogen-bond acceptors (Lipinski definition) is 4. The molecule has 0 radical (unpaired) electrons. The molecule has 0 bridgehead atoms. The maximum atomic E-state index is 10.3. The molecule has 2 aromatic carbocycles. The summed E-state index contributed by atoms with van der Waals surface area (Å²) in [5.74, 6) is 1.45. The molecular weight excluding hydrogens is 354 g/mol. The predicted octanol–water partition coefficient (Wildman–Crippen LogP) is -0.0809. The lowest BCUT2D eigenvalue weighted by Crippen LogP contribution is -3.00. The van der Waals surface area contributed by atoms with Crippen LogP contribution in [0.5, 0.6) is 23.0 Å². The molecule has 2 aliphatic heterocycles. The molecule has 5 nitrogen and oxygen atoms in total. The Hall–Kier alpha value is -2.11. The number of aromatic hydroxyl groups is 2. The van der Waals surface area contributed by atoms with E-state index in [0.29, 0.717) is 11.5 Å². The van der Waals surface area contributed by atoms with Crippen molar-refractivity contribution in [3.8, 4) is 23.0 Å². The van der Waals surface area contributed by atoms with E-state index in [1.807, 2.05) is 24.3 Å². The molecule has 2 atom stereocenters. The molecule has 2 heterocycles. The maximum absolute atomic E-state index is 10.3. The van der Waals surface area contributed by atoms with Gasteiger partial charge in [0.1, 0.15) is 12.6 Å². The normalized spacial score (nSPS) is 23.1. The average Bonchev–Trinajstić information content (AvgIpc) is 2.59. The Kier molecular flexibility index (Phi) is 4.71. The van der Waals surface area contributed by atoms with Crippen molar-refractivity contribution < 1.29 is 36.6 Å². The molecule has 4 rings (SSSR count). The van der Waals surface area contributed by atoms with Gasteiger partial charge in [-0.25, -0.2) is 0 Å². The number of benzene rings is 2. The van der Waals surface area contributed by atoms with E-state index in [-0.39, 0.29) is 29.9 Å². The molecule has 0 fully saturated rings. The SMILES string of the molecule is COc1cc2c(cc1O)C[C@@H]1c3cc(O)c(OC)cc3CC[N+]1(C)C2.[Cl-]. The van der Waals surface area contributed by atoms with Crippen molar-refractivity contribution in [2.75, 3.05) is 27.8 Å². The van der Waals surface area contributed by atoms with Crippen LogP contribution in [0.15, 0.2) is 24.3 Å². The van der Waals surface area contributed by atoms with Crippen molar-refractivity contribution in [3.63, 3.8) is 0 Å². The maximum Gasteiger partial charge on any atom is 0.160 e. The number of likely N-dealkylation sites (N-methyl/N-ethyl adjacent to an activating group) is 1. The molecule has 26 heavy (non-hydrogen) atoms. The third kappa shape index (κ3) is 2.75. The summed E-state index contributed by atoms with van der Waals surface area (Å²) in [7, 11) is 5.44. The van der Waals surface area contributed by atoms with Crippen LogP contribution in [-0.2, 0) is 19.4 Å². The van der Waals surface area contributed by atoms with Crippen LogP contribution in [0.3, 0.4) is 0 Å². The second-order valence-electron chi connectivity index (χ2n) is 7.35. The van der Waals surface area contributed by atoms with Crippen molar-refractivity contribution >= 4 is 0 Å². The largest absolute Gasteiger partial charge is 1.00 e. The molecule has 2 aliphatic rings. The number of quaternary nitrogens is 1. The molecule has 0 saturated carbocycles. The Morgan fingerprint density at radius 2 is 1.54 bits per heavy atom. The summed E-state index contributed by atoms with van der Waals surface area (Å²) in [5, 5.41) is 20.4. The minimum absolute atomic E-state index is 0. The molecule has 2 aromatic rings. The standard InChI is InChI=1S/C20H23NO4.ClH/c1-21-5-4-12-8-19(24-2)18(23)10-15(12)16(21)6-13-7-17(22)20(25-3)9-14(13)11-21;/h7-10,16H,4-6,11H2,1-3H3,(H-,22,23);1H/t16-,21?;/m1./s1. The van der Waals surface area contributed by atoms with Crippen LogP contribution in [0.4, 0.5) is 0 Å². The highest BCUT2D eigenvalue weighted by Crippen LogP contribution is 2.47. The number of fused-ring (bicyclic) bond motifs is 4. The first-order valence-corrected chi connectivity index (χ1v) is 8.58. The molecule has 140 valence electrons. The number of ether oxygens (including phenoxy) is 2. The molecule has 2 N–H and O–H groups in total. The van der Waals surface area contributed by atoms with Gasteiger partial charge in [0.15, 0.2) is 23.0 Å². The topological polar surface area (TPSA) is 58.9 Å². The van der Waals surface area contributed by atoms with E-state index in [2.05, 4.69) is 7.05 Å². The Morgan fingerprint density at radius 3 is 2.19 bits per heavy atom. The molecule has 0 saturated heterocycles. The van der Waals surface area contributed by atoms with Crippen LogP contribution in [0.1, 0.15) is 28.3 Å². The van der Waals surface area contributed by atoms with Gasteiger partial charge in [0.2, 0.25) is 0 Å². The Balaban J connectivity index is 0.00000196. The zero-order valence-electron chi connectivity index (χ0n) is 15.3. The van der Waals surface area contributed by atoms with Gasteiger partial charge >= 0.3 is 0 Å². The summed E-state index contributed by atoms with van der Waals surface area (Å²) in [6.45, 7) is 1.93. The van der Waals surface area contributed by atoms with E-state index in [4.69, 9.17) is 9.47 Å². The monoisotopic (exact) mass is 377 g/mol. The predicted molar refractivity (Wildman–Crippen MR) is 94.2 cm³/mol. The number of nitrogens with zero attached hydrogens (tertiary/aromatic N) is 1. The number of phenols is 2. The fourth-order valence-corrected chi connectivity index (χ4v) is 4.46. The second-order valence-corrected chi connectivity index (χ2v) is 7.35. The highest BCUT2D eigenvalue weighted by atomic mass is 35.5. The summed E-state index contributed by atoms with van der Waals surface area (Å²) in [4.78, 5) is 0. The fraction of sp³-hybridized carbons (Fsp3) is 0.400. The van der Waals surface area contributed by atoms with Gasteiger partial charge in [-0.1, -0.05) is 0 Å². The highest BCUT2D eigenvalue weighted by molar-refractivity contribution is 5.51. The number of halogens is 1. The highest BCUT2D eigenvalue weighted by Gasteiger charge is 2.43. The van der Waals surface area contributed by atoms with Gasteiger partial charge in [-0.2, -0.15) is 0 Å². The molecule has 6 heteroatoms. The van der Waals surface area contributed by atoms with Crippen molar-refractivity contribution in [1.29, 1.82) is 0 Å². The third-order valence-corrected chi connectivity index (χ3v) is 5.89. The van der Waals surface area contributed by atoms with Gasteiger partial charge < -0.3 is 36.6 Å². The lowest BCUT2D eigenvalue weighted by Gasteiger charge is -2.49. The van der Waals surface area contributed by atoms with Gasteiger partial charge in [0, 0.05) is 24.0 Å². The average molecular weight is 378 g/mol. The molecule has 0 amide bonds. The second kappa shape index (κ2) is 6.56. The Morgan fingerprint density at radius 1 is 0.923 bits per heavy atom. The molecule has 0 aromatic heterocycles. The third-order valence-electron chi connectivity index (χ3n) is 5.89. The van der Waals surface area contributed by atoms with Crippen molar-refractivity contribution in [3.05, 3.63) is 46.5 Å². The molecular formula is C20H24ClNO4. The van der Waals surface area contributed by atoms with Gasteiger partial charge in [-0.3, -0.25) is 0 Å². The smallest absolute Gasteiger partial charge is 0.160 e. The van der Waals surface area contributed by atoms with E-state index >= 15 is 0 Å².